The molecular formula is C5H11IO2Si. The van der Waals surface area contributed by atoms with E-state index in [1.54, 1.807) is 14.2 Å². The van der Waals surface area contributed by atoms with Crippen molar-refractivity contribution >= 4 is 31.9 Å². The van der Waals surface area contributed by atoms with E-state index in [2.05, 4.69) is 28.7 Å². The lowest BCUT2D eigenvalue weighted by Crippen LogP contribution is -2.15. The van der Waals surface area contributed by atoms with Crippen LogP contribution in [0.15, 0.2) is 11.8 Å². The molecule has 0 aliphatic heterocycles. The molecule has 0 saturated carbocycles. The first-order valence-corrected chi connectivity index (χ1v) is 5.77. The molecule has 2 nitrogen and oxygen atoms in total. The van der Waals surface area contributed by atoms with Crippen LogP contribution < -0.4 is 0 Å². The van der Waals surface area contributed by atoms with E-state index in [4.69, 9.17) is 8.85 Å². The zero-order valence-electron chi connectivity index (χ0n) is 5.63. The number of allylic oxidation sites excluding steroid dienone is 1. The highest BCUT2D eigenvalue weighted by Crippen LogP contribution is 1.89. The molecule has 0 radical (unpaired) electrons. The van der Waals surface area contributed by atoms with E-state index >= 15 is 0 Å². The maximum atomic E-state index is 5.03. The van der Waals surface area contributed by atoms with Crippen LogP contribution in [-0.2, 0) is 8.85 Å². The first-order valence-electron chi connectivity index (χ1n) is 2.63. The van der Waals surface area contributed by atoms with Gasteiger partial charge in [0.05, 0.1) is 0 Å². The van der Waals surface area contributed by atoms with Crippen molar-refractivity contribution < 1.29 is 8.85 Å². The van der Waals surface area contributed by atoms with Gasteiger partial charge in [0.1, 0.15) is 0 Å². The lowest BCUT2D eigenvalue weighted by molar-refractivity contribution is 0.290. The summed E-state index contributed by atoms with van der Waals surface area (Å²) < 4.78 is 11.1. The quantitative estimate of drug-likeness (QED) is 0.426. The van der Waals surface area contributed by atoms with E-state index in [1.165, 1.54) is 0 Å². The fourth-order valence-corrected chi connectivity index (χ4v) is 2.13. The summed E-state index contributed by atoms with van der Waals surface area (Å²) in [6.45, 7) is 0. The Kier molecular flexibility index (Phi) is 7.18. The Morgan fingerprint density at radius 1 is 1.44 bits per heavy atom. The summed E-state index contributed by atoms with van der Waals surface area (Å²) in [5, 5.41) is 0. The molecule has 0 spiro atoms. The molecule has 0 rings (SSSR count). The molecule has 0 atom stereocenters. The van der Waals surface area contributed by atoms with Gasteiger partial charge in [0.25, 0.3) is 0 Å². The SMILES string of the molecule is CO[SiH](C=CCI)OC. The molecule has 0 aromatic heterocycles. The summed E-state index contributed by atoms with van der Waals surface area (Å²) in [6.07, 6.45) is 2.06. The molecule has 9 heavy (non-hydrogen) atoms. The van der Waals surface area contributed by atoms with Gasteiger partial charge in [0, 0.05) is 18.6 Å². The highest BCUT2D eigenvalue weighted by Gasteiger charge is 2.00. The van der Waals surface area contributed by atoms with E-state index in [-0.39, 0.29) is 0 Å². The van der Waals surface area contributed by atoms with Crippen molar-refractivity contribution in [1.82, 2.24) is 0 Å². The molecule has 0 heterocycles. The van der Waals surface area contributed by atoms with Crippen LogP contribution in [-0.4, -0.2) is 27.9 Å². The van der Waals surface area contributed by atoms with Gasteiger partial charge in [-0.1, -0.05) is 28.7 Å². The van der Waals surface area contributed by atoms with Gasteiger partial charge in [-0.25, -0.2) is 0 Å². The summed E-state index contributed by atoms with van der Waals surface area (Å²) in [4.78, 5) is 0. The molecule has 0 unspecified atom stereocenters. The Hall–Kier alpha value is 0.607. The van der Waals surface area contributed by atoms with Crippen LogP contribution in [0.5, 0.6) is 0 Å². The van der Waals surface area contributed by atoms with Crippen LogP contribution in [0.2, 0.25) is 0 Å². The fourth-order valence-electron chi connectivity index (χ4n) is 0.416. The van der Waals surface area contributed by atoms with Gasteiger partial charge in [0.15, 0.2) is 0 Å². The van der Waals surface area contributed by atoms with Gasteiger partial charge in [0.2, 0.25) is 0 Å². The van der Waals surface area contributed by atoms with Gasteiger partial charge in [-0.3, -0.25) is 0 Å². The minimum Gasteiger partial charge on any atom is -0.397 e. The van der Waals surface area contributed by atoms with E-state index in [1.807, 2.05) is 5.70 Å². The van der Waals surface area contributed by atoms with Crippen molar-refractivity contribution in [1.29, 1.82) is 0 Å². The van der Waals surface area contributed by atoms with E-state index in [0.29, 0.717) is 0 Å². The van der Waals surface area contributed by atoms with Crippen LogP contribution in [0.4, 0.5) is 0 Å². The number of hydrogen-bond donors (Lipinski definition) is 0. The second-order valence-electron chi connectivity index (χ2n) is 1.42. The highest BCUT2D eigenvalue weighted by atomic mass is 127. The maximum absolute atomic E-state index is 5.03. The summed E-state index contributed by atoms with van der Waals surface area (Å²) in [6, 6.07) is 0. The molecule has 54 valence electrons. The molecule has 0 amide bonds. The zero-order valence-corrected chi connectivity index (χ0v) is 8.95. The molecule has 0 aromatic rings. The van der Waals surface area contributed by atoms with E-state index < -0.39 is 9.28 Å². The van der Waals surface area contributed by atoms with Gasteiger partial charge in [-0.2, -0.15) is 0 Å². The second-order valence-corrected chi connectivity index (χ2v) is 4.37. The zero-order chi connectivity index (χ0) is 7.11. The molecule has 0 saturated heterocycles. The number of rotatable bonds is 4. The van der Waals surface area contributed by atoms with Gasteiger partial charge >= 0.3 is 9.28 Å². The highest BCUT2D eigenvalue weighted by molar-refractivity contribution is 14.1. The fraction of sp³-hybridized carbons (Fsp3) is 0.600. The van der Waals surface area contributed by atoms with Crippen molar-refractivity contribution in [3.8, 4) is 0 Å². The third-order valence-electron chi connectivity index (χ3n) is 0.847. The molecule has 4 heteroatoms. The Bertz CT molecular complexity index is 83.0. The van der Waals surface area contributed by atoms with Crippen molar-refractivity contribution in [2.45, 2.75) is 0 Å². The minimum atomic E-state index is -1.40. The molecule has 0 aliphatic rings. The summed E-state index contributed by atoms with van der Waals surface area (Å²) >= 11 is 2.28. The first-order chi connectivity index (χ1) is 4.35. The monoisotopic (exact) mass is 258 g/mol. The Balaban J connectivity index is 3.41. The Morgan fingerprint density at radius 2 is 2.00 bits per heavy atom. The Morgan fingerprint density at radius 3 is 2.33 bits per heavy atom. The topological polar surface area (TPSA) is 18.5 Å². The van der Waals surface area contributed by atoms with Crippen LogP contribution in [0.3, 0.4) is 0 Å². The van der Waals surface area contributed by atoms with E-state index in [0.717, 1.165) is 4.43 Å². The van der Waals surface area contributed by atoms with Gasteiger partial charge < -0.3 is 8.85 Å². The maximum Gasteiger partial charge on any atom is 0.347 e. The molecular weight excluding hydrogens is 247 g/mol. The van der Waals surface area contributed by atoms with Crippen molar-refractivity contribution in [3.05, 3.63) is 11.8 Å². The van der Waals surface area contributed by atoms with Gasteiger partial charge in [-0.15, -0.1) is 0 Å². The average molecular weight is 258 g/mol. The summed E-state index contributed by atoms with van der Waals surface area (Å²) in [7, 11) is 1.96. The predicted molar refractivity (Wildman–Crippen MR) is 49.2 cm³/mol. The Labute approximate surface area is 71.2 Å². The van der Waals surface area contributed by atoms with Crippen LogP contribution in [0.1, 0.15) is 0 Å². The average Bonchev–Trinajstić information content (AvgIpc) is 1.91. The van der Waals surface area contributed by atoms with Crippen molar-refractivity contribution in [2.75, 3.05) is 18.6 Å². The predicted octanol–water partition coefficient (Wildman–Crippen LogP) is 1.03. The molecule has 0 N–H and O–H groups in total. The van der Waals surface area contributed by atoms with Gasteiger partial charge in [-0.05, 0) is 5.70 Å². The third-order valence-corrected chi connectivity index (χ3v) is 2.87. The molecule has 0 bridgehead atoms. The largest absolute Gasteiger partial charge is 0.397 e. The molecule has 0 fully saturated rings. The van der Waals surface area contributed by atoms with E-state index in [9.17, 15) is 0 Å². The lowest BCUT2D eigenvalue weighted by Gasteiger charge is -2.03. The van der Waals surface area contributed by atoms with Crippen LogP contribution >= 0.6 is 22.6 Å². The van der Waals surface area contributed by atoms with Crippen molar-refractivity contribution in [3.63, 3.8) is 0 Å². The molecule has 0 aliphatic carbocycles. The smallest absolute Gasteiger partial charge is 0.347 e. The number of alkyl halides is 1. The summed E-state index contributed by atoms with van der Waals surface area (Å²) in [5.74, 6) is 0. The standard InChI is InChI=1S/C5H11IO2Si/c1-7-9(8-2)5-3-4-6/h3,5,9H,4H2,1-2H3. The van der Waals surface area contributed by atoms with Crippen molar-refractivity contribution in [2.24, 2.45) is 0 Å². The minimum absolute atomic E-state index is 1.02. The van der Waals surface area contributed by atoms with Crippen LogP contribution in [0.25, 0.3) is 0 Å². The third kappa shape index (κ3) is 5.07. The number of halogens is 1. The second kappa shape index (κ2) is 6.72. The lowest BCUT2D eigenvalue weighted by atomic mass is 10.8. The molecule has 0 aromatic carbocycles. The summed E-state index contributed by atoms with van der Waals surface area (Å²) in [5.41, 5.74) is 2.02. The normalized spacial score (nSPS) is 11.6. The first kappa shape index (κ1) is 9.61. The number of hydrogen-bond acceptors (Lipinski definition) is 2. The van der Waals surface area contributed by atoms with Crippen LogP contribution in [0, 0.1) is 0 Å².